The molecule has 0 aromatic heterocycles. The summed E-state index contributed by atoms with van der Waals surface area (Å²) in [4.78, 5) is 10.6. The molecule has 7 heteroatoms. The van der Waals surface area contributed by atoms with E-state index in [1.165, 1.54) is 24.3 Å². The van der Waals surface area contributed by atoms with Crippen LogP contribution >= 0.6 is 0 Å². The van der Waals surface area contributed by atoms with Crippen LogP contribution in [0, 0.1) is 0 Å². The summed E-state index contributed by atoms with van der Waals surface area (Å²) in [5.41, 5.74) is 0.183. The SMILES string of the molecule is O=C(O)COc1ccccc1NS(=O)(=O)c1ccccc1. The fourth-order valence-corrected chi connectivity index (χ4v) is 2.71. The van der Waals surface area contributed by atoms with E-state index in [9.17, 15) is 13.2 Å². The molecule has 2 N–H and O–H groups in total. The Hall–Kier alpha value is -2.54. The van der Waals surface area contributed by atoms with Gasteiger partial charge in [0.25, 0.3) is 10.0 Å². The van der Waals surface area contributed by atoms with Crippen LogP contribution in [-0.4, -0.2) is 26.1 Å². The second-order valence-corrected chi connectivity index (χ2v) is 5.78. The fourth-order valence-electron chi connectivity index (χ4n) is 1.62. The number of hydrogen-bond acceptors (Lipinski definition) is 4. The first kappa shape index (κ1) is 14.9. The number of carbonyl (C=O) groups is 1. The van der Waals surface area contributed by atoms with Gasteiger partial charge in [-0.15, -0.1) is 0 Å². The van der Waals surface area contributed by atoms with Crippen molar-refractivity contribution in [3.63, 3.8) is 0 Å². The predicted octanol–water partition coefficient (Wildman–Crippen LogP) is 1.95. The van der Waals surface area contributed by atoms with E-state index in [4.69, 9.17) is 9.84 Å². The smallest absolute Gasteiger partial charge is 0.341 e. The summed E-state index contributed by atoms with van der Waals surface area (Å²) in [6.07, 6.45) is 0. The van der Waals surface area contributed by atoms with Gasteiger partial charge in [0.15, 0.2) is 6.61 Å². The molecule has 2 aromatic rings. The van der Waals surface area contributed by atoms with Gasteiger partial charge < -0.3 is 9.84 Å². The van der Waals surface area contributed by atoms with Gasteiger partial charge in [-0.2, -0.15) is 0 Å². The van der Waals surface area contributed by atoms with E-state index in [2.05, 4.69) is 4.72 Å². The zero-order valence-corrected chi connectivity index (χ0v) is 11.7. The van der Waals surface area contributed by atoms with Crippen molar-refractivity contribution in [2.24, 2.45) is 0 Å². The van der Waals surface area contributed by atoms with E-state index >= 15 is 0 Å². The molecule has 0 fully saturated rings. The second-order valence-electron chi connectivity index (χ2n) is 4.10. The van der Waals surface area contributed by atoms with Crippen LogP contribution in [0.15, 0.2) is 59.5 Å². The summed E-state index contributed by atoms with van der Waals surface area (Å²) >= 11 is 0. The first-order valence-corrected chi connectivity index (χ1v) is 7.49. The molecule has 0 saturated heterocycles. The quantitative estimate of drug-likeness (QED) is 0.851. The van der Waals surface area contributed by atoms with Crippen LogP contribution in [0.4, 0.5) is 5.69 Å². The minimum Gasteiger partial charge on any atom is -0.480 e. The van der Waals surface area contributed by atoms with Crippen LogP contribution in [0.5, 0.6) is 5.75 Å². The molecular formula is C14H13NO5S. The third-order valence-electron chi connectivity index (χ3n) is 2.54. The molecule has 0 aliphatic rings. The second kappa shape index (κ2) is 6.27. The minimum absolute atomic E-state index is 0.109. The first-order valence-electron chi connectivity index (χ1n) is 6.00. The molecule has 0 spiro atoms. The molecule has 2 rings (SSSR count). The lowest BCUT2D eigenvalue weighted by Crippen LogP contribution is -2.15. The molecule has 0 heterocycles. The van der Waals surface area contributed by atoms with Crippen molar-refractivity contribution in [1.82, 2.24) is 0 Å². The third kappa shape index (κ3) is 3.96. The standard InChI is InChI=1S/C14H13NO5S/c16-14(17)10-20-13-9-5-4-8-12(13)15-21(18,19)11-6-2-1-3-7-11/h1-9,15H,10H2,(H,16,17). The number of anilines is 1. The molecule has 0 aliphatic carbocycles. The Morgan fingerprint density at radius 1 is 1.05 bits per heavy atom. The molecule has 0 aliphatic heterocycles. The van der Waals surface area contributed by atoms with Crippen LogP contribution in [0.3, 0.4) is 0 Å². The number of para-hydroxylation sites is 2. The normalized spacial score (nSPS) is 10.9. The number of hydrogen-bond donors (Lipinski definition) is 2. The number of carboxylic acid groups (broad SMARTS) is 1. The highest BCUT2D eigenvalue weighted by atomic mass is 32.2. The van der Waals surface area contributed by atoms with Gasteiger partial charge in [-0.05, 0) is 24.3 Å². The Morgan fingerprint density at radius 2 is 1.67 bits per heavy atom. The van der Waals surface area contributed by atoms with Gasteiger partial charge in [0, 0.05) is 0 Å². The Balaban J connectivity index is 2.25. The van der Waals surface area contributed by atoms with Crippen LogP contribution in [0.1, 0.15) is 0 Å². The number of benzene rings is 2. The Labute approximate surface area is 122 Å². The first-order chi connectivity index (χ1) is 9.99. The van der Waals surface area contributed by atoms with E-state index in [1.807, 2.05) is 0 Å². The molecule has 2 aromatic carbocycles. The van der Waals surface area contributed by atoms with Crippen LogP contribution in [0.25, 0.3) is 0 Å². The van der Waals surface area contributed by atoms with E-state index < -0.39 is 22.6 Å². The fraction of sp³-hybridized carbons (Fsp3) is 0.0714. The van der Waals surface area contributed by atoms with Crippen molar-refractivity contribution in [2.75, 3.05) is 11.3 Å². The zero-order valence-electron chi connectivity index (χ0n) is 10.9. The average molecular weight is 307 g/mol. The van der Waals surface area contributed by atoms with Gasteiger partial charge in [0.2, 0.25) is 0 Å². The van der Waals surface area contributed by atoms with Gasteiger partial charge >= 0.3 is 5.97 Å². The van der Waals surface area contributed by atoms with E-state index in [1.54, 1.807) is 30.3 Å². The number of rotatable bonds is 6. The summed E-state index contributed by atoms with van der Waals surface area (Å²) in [5, 5.41) is 8.61. The van der Waals surface area contributed by atoms with Crippen molar-refractivity contribution in [3.05, 3.63) is 54.6 Å². The number of sulfonamides is 1. The number of aliphatic carboxylic acids is 1. The highest BCUT2D eigenvalue weighted by molar-refractivity contribution is 7.92. The van der Waals surface area contributed by atoms with E-state index in [-0.39, 0.29) is 16.3 Å². The molecule has 110 valence electrons. The number of ether oxygens (including phenoxy) is 1. The van der Waals surface area contributed by atoms with Crippen LogP contribution in [-0.2, 0) is 14.8 Å². The lowest BCUT2D eigenvalue weighted by atomic mass is 10.3. The van der Waals surface area contributed by atoms with Crippen LogP contribution < -0.4 is 9.46 Å². The maximum atomic E-state index is 12.2. The summed E-state index contributed by atoms with van der Waals surface area (Å²) < 4.78 is 31.9. The maximum Gasteiger partial charge on any atom is 0.341 e. The monoisotopic (exact) mass is 307 g/mol. The van der Waals surface area contributed by atoms with E-state index in [0.717, 1.165) is 0 Å². The largest absolute Gasteiger partial charge is 0.480 e. The Kier molecular flexibility index (Phi) is 4.44. The van der Waals surface area contributed by atoms with Gasteiger partial charge in [-0.1, -0.05) is 30.3 Å². The van der Waals surface area contributed by atoms with Gasteiger partial charge in [-0.3, -0.25) is 4.72 Å². The summed E-state index contributed by atoms with van der Waals surface area (Å²) in [6, 6.07) is 14.1. The van der Waals surface area contributed by atoms with Crippen molar-refractivity contribution >= 4 is 21.7 Å². The third-order valence-corrected chi connectivity index (χ3v) is 3.92. The Bertz CT molecular complexity index is 728. The molecule has 0 amide bonds. The molecule has 6 nitrogen and oxygen atoms in total. The van der Waals surface area contributed by atoms with Gasteiger partial charge in [0.05, 0.1) is 10.6 Å². The highest BCUT2D eigenvalue weighted by Crippen LogP contribution is 2.26. The van der Waals surface area contributed by atoms with Crippen molar-refractivity contribution in [1.29, 1.82) is 0 Å². The Morgan fingerprint density at radius 3 is 2.33 bits per heavy atom. The summed E-state index contributed by atoms with van der Waals surface area (Å²) in [5.74, 6) is -0.991. The molecule has 0 saturated carbocycles. The topological polar surface area (TPSA) is 92.7 Å². The minimum atomic E-state index is -3.75. The summed E-state index contributed by atoms with van der Waals surface area (Å²) in [6.45, 7) is -0.552. The molecule has 0 unspecified atom stereocenters. The van der Waals surface area contributed by atoms with E-state index in [0.29, 0.717) is 0 Å². The van der Waals surface area contributed by atoms with Crippen molar-refractivity contribution in [3.8, 4) is 5.75 Å². The predicted molar refractivity (Wildman–Crippen MR) is 76.8 cm³/mol. The molecule has 21 heavy (non-hydrogen) atoms. The zero-order chi connectivity index (χ0) is 15.3. The average Bonchev–Trinajstić information content (AvgIpc) is 2.47. The lowest BCUT2D eigenvalue weighted by molar-refractivity contribution is -0.139. The molecule has 0 radical (unpaired) electrons. The lowest BCUT2D eigenvalue weighted by Gasteiger charge is -2.12. The number of nitrogens with one attached hydrogen (secondary N) is 1. The highest BCUT2D eigenvalue weighted by Gasteiger charge is 2.16. The number of carboxylic acids is 1. The maximum absolute atomic E-state index is 12.2. The molecular weight excluding hydrogens is 294 g/mol. The van der Waals surface area contributed by atoms with Gasteiger partial charge in [0.1, 0.15) is 5.75 Å². The van der Waals surface area contributed by atoms with Crippen molar-refractivity contribution in [2.45, 2.75) is 4.90 Å². The van der Waals surface area contributed by atoms with Crippen LogP contribution in [0.2, 0.25) is 0 Å². The molecule has 0 atom stereocenters. The summed E-state index contributed by atoms with van der Waals surface area (Å²) in [7, 11) is -3.75. The van der Waals surface area contributed by atoms with Crippen molar-refractivity contribution < 1.29 is 23.1 Å². The van der Waals surface area contributed by atoms with Gasteiger partial charge in [-0.25, -0.2) is 13.2 Å². The molecule has 0 bridgehead atoms.